The van der Waals surface area contributed by atoms with Crippen molar-refractivity contribution in [3.05, 3.63) is 35.6 Å². The summed E-state index contributed by atoms with van der Waals surface area (Å²) in [4.78, 5) is 0. The van der Waals surface area contributed by atoms with Crippen LogP contribution in [-0.2, 0) is 0 Å². The average molecular weight is 274 g/mol. The molecule has 0 spiro atoms. The highest BCUT2D eigenvalue weighted by Crippen LogP contribution is 2.68. The van der Waals surface area contributed by atoms with E-state index in [4.69, 9.17) is 0 Å². The van der Waals surface area contributed by atoms with Crippen molar-refractivity contribution < 1.29 is 9.50 Å². The van der Waals surface area contributed by atoms with Gasteiger partial charge in [0.2, 0.25) is 0 Å². The highest BCUT2D eigenvalue weighted by molar-refractivity contribution is 5.23. The molecule has 4 saturated carbocycles. The van der Waals surface area contributed by atoms with Crippen LogP contribution in [0.1, 0.15) is 57.1 Å². The minimum atomic E-state index is -0.497. The number of benzene rings is 1. The molecule has 0 heterocycles. The molecule has 4 aliphatic rings. The monoisotopic (exact) mass is 274 g/mol. The van der Waals surface area contributed by atoms with E-state index in [-0.39, 0.29) is 11.2 Å². The maximum Gasteiger partial charge on any atom is 0.123 e. The number of aliphatic hydroxyl groups excluding tert-OH is 1. The SMILES string of the molecule is CC12CC3CC(C1)CC(C(O)c1cccc(F)c1)(C3)C2. The third-order valence-corrected chi connectivity index (χ3v) is 6.14. The highest BCUT2D eigenvalue weighted by Gasteiger charge is 2.58. The van der Waals surface area contributed by atoms with Crippen molar-refractivity contribution in [2.24, 2.45) is 22.7 Å². The minimum Gasteiger partial charge on any atom is -0.388 e. The first-order valence-electron chi connectivity index (χ1n) is 7.92. The number of halogens is 1. The summed E-state index contributed by atoms with van der Waals surface area (Å²) in [6.45, 7) is 2.40. The molecule has 2 heteroatoms. The molecule has 0 radical (unpaired) electrons. The predicted octanol–water partition coefficient (Wildman–Crippen LogP) is 4.47. The molecule has 3 unspecified atom stereocenters. The fourth-order valence-corrected chi connectivity index (χ4v) is 6.15. The first-order chi connectivity index (χ1) is 9.48. The van der Waals surface area contributed by atoms with Gasteiger partial charge < -0.3 is 5.11 Å². The summed E-state index contributed by atoms with van der Waals surface area (Å²) in [5.41, 5.74) is 1.20. The smallest absolute Gasteiger partial charge is 0.123 e. The second-order valence-electron chi connectivity index (χ2n) is 8.09. The molecule has 5 rings (SSSR count). The Labute approximate surface area is 120 Å². The van der Waals surface area contributed by atoms with Gasteiger partial charge in [0, 0.05) is 5.41 Å². The fourth-order valence-electron chi connectivity index (χ4n) is 6.15. The fraction of sp³-hybridized carbons (Fsp3) is 0.667. The van der Waals surface area contributed by atoms with Gasteiger partial charge in [-0.15, -0.1) is 0 Å². The van der Waals surface area contributed by atoms with Gasteiger partial charge in [0.05, 0.1) is 6.10 Å². The molecule has 4 aliphatic carbocycles. The lowest BCUT2D eigenvalue weighted by Gasteiger charge is -2.62. The van der Waals surface area contributed by atoms with Crippen molar-refractivity contribution in [1.29, 1.82) is 0 Å². The summed E-state index contributed by atoms with van der Waals surface area (Å²) in [5, 5.41) is 11.0. The largest absolute Gasteiger partial charge is 0.388 e. The van der Waals surface area contributed by atoms with Crippen molar-refractivity contribution in [2.45, 2.75) is 51.6 Å². The molecule has 1 aromatic carbocycles. The average Bonchev–Trinajstić information content (AvgIpc) is 2.35. The van der Waals surface area contributed by atoms with E-state index in [2.05, 4.69) is 6.92 Å². The van der Waals surface area contributed by atoms with E-state index in [9.17, 15) is 9.50 Å². The molecule has 4 bridgehead atoms. The Morgan fingerprint density at radius 2 is 1.90 bits per heavy atom. The van der Waals surface area contributed by atoms with E-state index in [1.165, 1.54) is 31.4 Å². The van der Waals surface area contributed by atoms with Gasteiger partial charge in [0.15, 0.2) is 0 Å². The Balaban J connectivity index is 1.70. The van der Waals surface area contributed by atoms with Crippen LogP contribution < -0.4 is 0 Å². The molecule has 1 nitrogen and oxygen atoms in total. The van der Waals surface area contributed by atoms with Crippen molar-refractivity contribution in [3.63, 3.8) is 0 Å². The van der Waals surface area contributed by atoms with Gasteiger partial charge in [-0.05, 0) is 73.5 Å². The maximum absolute atomic E-state index is 13.5. The lowest BCUT2D eigenvalue weighted by molar-refractivity contribution is -0.155. The Hall–Kier alpha value is -0.890. The van der Waals surface area contributed by atoms with E-state index in [1.54, 1.807) is 6.07 Å². The van der Waals surface area contributed by atoms with E-state index in [0.717, 1.165) is 36.7 Å². The molecule has 1 aromatic rings. The summed E-state index contributed by atoms with van der Waals surface area (Å²) in [6, 6.07) is 6.58. The van der Waals surface area contributed by atoms with Crippen LogP contribution in [0.4, 0.5) is 4.39 Å². The summed E-state index contributed by atoms with van der Waals surface area (Å²) < 4.78 is 13.5. The third kappa shape index (κ3) is 1.84. The summed E-state index contributed by atoms with van der Waals surface area (Å²) in [5.74, 6) is 1.33. The molecule has 4 fully saturated rings. The first-order valence-corrected chi connectivity index (χ1v) is 7.92. The molecule has 0 amide bonds. The van der Waals surface area contributed by atoms with Crippen molar-refractivity contribution in [2.75, 3.05) is 0 Å². The van der Waals surface area contributed by atoms with Crippen LogP contribution in [0, 0.1) is 28.5 Å². The molecular formula is C18H23FO. The summed E-state index contributed by atoms with van der Waals surface area (Å²) in [7, 11) is 0. The molecule has 20 heavy (non-hydrogen) atoms. The van der Waals surface area contributed by atoms with Crippen LogP contribution in [0.3, 0.4) is 0 Å². The minimum absolute atomic E-state index is 0.00657. The van der Waals surface area contributed by atoms with E-state index in [0.29, 0.717) is 5.41 Å². The highest BCUT2D eigenvalue weighted by atomic mass is 19.1. The maximum atomic E-state index is 13.5. The predicted molar refractivity (Wildman–Crippen MR) is 76.6 cm³/mol. The first kappa shape index (κ1) is 12.8. The third-order valence-electron chi connectivity index (χ3n) is 6.14. The second kappa shape index (κ2) is 4.07. The van der Waals surface area contributed by atoms with Gasteiger partial charge in [-0.3, -0.25) is 0 Å². The lowest BCUT2D eigenvalue weighted by atomic mass is 9.43. The van der Waals surface area contributed by atoms with Gasteiger partial charge >= 0.3 is 0 Å². The zero-order valence-electron chi connectivity index (χ0n) is 12.1. The van der Waals surface area contributed by atoms with Gasteiger partial charge in [-0.2, -0.15) is 0 Å². The number of hydrogen-bond acceptors (Lipinski definition) is 1. The summed E-state index contributed by atoms with van der Waals surface area (Å²) >= 11 is 0. The van der Waals surface area contributed by atoms with Gasteiger partial charge in [0.25, 0.3) is 0 Å². The molecule has 0 aliphatic heterocycles. The molecular weight excluding hydrogens is 251 g/mol. The van der Waals surface area contributed by atoms with E-state index < -0.39 is 6.10 Å². The van der Waals surface area contributed by atoms with Crippen LogP contribution in [0.5, 0.6) is 0 Å². The normalized spacial score (nSPS) is 43.8. The van der Waals surface area contributed by atoms with Crippen LogP contribution in [0.25, 0.3) is 0 Å². The van der Waals surface area contributed by atoms with E-state index in [1.807, 2.05) is 6.07 Å². The zero-order valence-corrected chi connectivity index (χ0v) is 12.1. The zero-order chi connectivity index (χ0) is 14.0. The lowest BCUT2D eigenvalue weighted by Crippen LogP contribution is -2.53. The topological polar surface area (TPSA) is 20.2 Å². The van der Waals surface area contributed by atoms with Crippen molar-refractivity contribution in [1.82, 2.24) is 0 Å². The summed E-state index contributed by atoms with van der Waals surface area (Å²) in [6.07, 6.45) is 6.91. The Kier molecular flexibility index (Phi) is 2.61. The Morgan fingerprint density at radius 3 is 2.50 bits per heavy atom. The Bertz CT molecular complexity index is 524. The van der Waals surface area contributed by atoms with E-state index >= 15 is 0 Å². The van der Waals surface area contributed by atoms with Gasteiger partial charge in [-0.1, -0.05) is 19.1 Å². The molecule has 1 N–H and O–H groups in total. The van der Waals surface area contributed by atoms with Crippen LogP contribution >= 0.6 is 0 Å². The van der Waals surface area contributed by atoms with Crippen molar-refractivity contribution in [3.8, 4) is 0 Å². The Morgan fingerprint density at radius 1 is 1.20 bits per heavy atom. The molecule has 0 aromatic heterocycles. The van der Waals surface area contributed by atoms with Crippen molar-refractivity contribution >= 4 is 0 Å². The van der Waals surface area contributed by atoms with Gasteiger partial charge in [0.1, 0.15) is 5.82 Å². The quantitative estimate of drug-likeness (QED) is 0.844. The second-order valence-corrected chi connectivity index (χ2v) is 8.09. The number of hydrogen-bond donors (Lipinski definition) is 1. The van der Waals surface area contributed by atoms with Crippen LogP contribution in [-0.4, -0.2) is 5.11 Å². The molecule has 108 valence electrons. The molecule has 0 saturated heterocycles. The van der Waals surface area contributed by atoms with Crippen LogP contribution in [0.2, 0.25) is 0 Å². The van der Waals surface area contributed by atoms with Gasteiger partial charge in [-0.25, -0.2) is 4.39 Å². The molecule has 3 atom stereocenters. The number of rotatable bonds is 2. The standard InChI is InChI=1S/C18H23FO/c1-17-7-12-5-13(8-17)10-18(9-12,11-17)16(20)14-3-2-4-15(19)6-14/h2-4,6,12-13,16,20H,5,7-11H2,1H3. The number of aliphatic hydroxyl groups is 1. The van der Waals surface area contributed by atoms with Crippen LogP contribution in [0.15, 0.2) is 24.3 Å².